The van der Waals surface area contributed by atoms with Gasteiger partial charge < -0.3 is 15.0 Å². The predicted molar refractivity (Wildman–Crippen MR) is 143 cm³/mol. The first-order chi connectivity index (χ1) is 17.3. The Morgan fingerprint density at radius 3 is 2.36 bits per heavy atom. The molecule has 8 heteroatoms. The fraction of sp³-hybridized carbons (Fsp3) is 0.536. The number of amides is 1. The molecule has 0 unspecified atom stereocenters. The monoisotopic (exact) mass is 513 g/mol. The summed E-state index contributed by atoms with van der Waals surface area (Å²) < 4.78 is 32.9. The van der Waals surface area contributed by atoms with Crippen LogP contribution in [0.3, 0.4) is 0 Å². The van der Waals surface area contributed by atoms with Gasteiger partial charge in [0.15, 0.2) is 0 Å². The van der Waals surface area contributed by atoms with Crippen LogP contribution in [0.5, 0.6) is 5.75 Å². The summed E-state index contributed by atoms with van der Waals surface area (Å²) in [6, 6.07) is 13.3. The molecule has 2 aromatic rings. The van der Waals surface area contributed by atoms with Crippen LogP contribution in [0, 0.1) is 5.92 Å². The zero-order chi connectivity index (χ0) is 25.7. The van der Waals surface area contributed by atoms with Gasteiger partial charge in [0.1, 0.15) is 5.75 Å². The molecule has 1 N–H and O–H groups in total. The number of carbonyl (C=O) groups is 1. The van der Waals surface area contributed by atoms with Gasteiger partial charge in [-0.15, -0.1) is 0 Å². The van der Waals surface area contributed by atoms with Crippen LogP contribution in [0.25, 0.3) is 0 Å². The van der Waals surface area contributed by atoms with E-state index in [1.807, 2.05) is 6.92 Å². The number of ether oxygens (including phenoxy) is 1. The summed E-state index contributed by atoms with van der Waals surface area (Å²) in [5.74, 6) is 1.32. The summed E-state index contributed by atoms with van der Waals surface area (Å²) in [7, 11) is -1.96. The van der Waals surface area contributed by atoms with Crippen LogP contribution in [0.15, 0.2) is 47.4 Å². The van der Waals surface area contributed by atoms with Crippen molar-refractivity contribution in [1.29, 1.82) is 0 Å². The highest BCUT2D eigenvalue weighted by Crippen LogP contribution is 2.28. The highest BCUT2D eigenvalue weighted by molar-refractivity contribution is 7.89. The van der Waals surface area contributed by atoms with E-state index in [1.165, 1.54) is 22.8 Å². The van der Waals surface area contributed by atoms with Crippen molar-refractivity contribution >= 4 is 21.6 Å². The molecule has 2 aromatic carbocycles. The van der Waals surface area contributed by atoms with E-state index in [0.29, 0.717) is 25.3 Å². The van der Waals surface area contributed by atoms with E-state index < -0.39 is 10.0 Å². The number of hydrogen-bond donors (Lipinski definition) is 1. The fourth-order valence-electron chi connectivity index (χ4n) is 5.07. The molecule has 2 aliphatic heterocycles. The largest absolute Gasteiger partial charge is 0.496 e. The van der Waals surface area contributed by atoms with E-state index in [0.717, 1.165) is 43.0 Å². The van der Waals surface area contributed by atoms with Gasteiger partial charge in [0.25, 0.3) is 0 Å². The molecule has 0 bridgehead atoms. The molecule has 0 spiro atoms. The van der Waals surface area contributed by atoms with Crippen molar-refractivity contribution < 1.29 is 17.9 Å². The lowest BCUT2D eigenvalue weighted by Crippen LogP contribution is -2.32. The van der Waals surface area contributed by atoms with Crippen LogP contribution in [-0.2, 0) is 21.2 Å². The van der Waals surface area contributed by atoms with Crippen molar-refractivity contribution in [3.63, 3.8) is 0 Å². The van der Waals surface area contributed by atoms with Gasteiger partial charge in [0.2, 0.25) is 15.9 Å². The van der Waals surface area contributed by atoms with Crippen LogP contribution in [0.4, 0.5) is 5.69 Å². The number of rotatable bonds is 9. The maximum atomic E-state index is 13.0. The second-order valence-corrected chi connectivity index (χ2v) is 12.1. The molecule has 2 aliphatic rings. The zero-order valence-corrected chi connectivity index (χ0v) is 22.5. The lowest BCUT2D eigenvalue weighted by Gasteiger charge is -2.32. The fourth-order valence-corrected chi connectivity index (χ4v) is 6.64. The Morgan fingerprint density at radius 1 is 1.06 bits per heavy atom. The molecule has 196 valence electrons. The number of sulfonamides is 1. The third kappa shape index (κ3) is 6.21. The average molecular weight is 514 g/mol. The molecule has 2 fully saturated rings. The topological polar surface area (TPSA) is 79.0 Å². The molecule has 2 heterocycles. The van der Waals surface area contributed by atoms with E-state index >= 15 is 0 Å². The van der Waals surface area contributed by atoms with E-state index in [-0.39, 0.29) is 23.3 Å². The van der Waals surface area contributed by atoms with Crippen molar-refractivity contribution in [2.75, 3.05) is 38.2 Å². The van der Waals surface area contributed by atoms with Crippen LogP contribution < -0.4 is 15.0 Å². The molecular formula is C28H39N3O4S. The molecule has 0 aliphatic carbocycles. The molecule has 1 amide bonds. The average Bonchev–Trinajstić information content (AvgIpc) is 3.44. The first kappa shape index (κ1) is 26.5. The van der Waals surface area contributed by atoms with Gasteiger partial charge in [-0.2, -0.15) is 4.31 Å². The summed E-state index contributed by atoms with van der Waals surface area (Å²) in [6.45, 7) is 7.60. The summed E-state index contributed by atoms with van der Waals surface area (Å²) in [5, 5.41) is 3.08. The molecule has 0 aromatic heterocycles. The van der Waals surface area contributed by atoms with Crippen LogP contribution in [0.2, 0.25) is 0 Å². The number of hydrogen-bond acceptors (Lipinski definition) is 5. The molecular weight excluding hydrogens is 474 g/mol. The highest BCUT2D eigenvalue weighted by atomic mass is 32.2. The number of piperidine rings is 1. The summed E-state index contributed by atoms with van der Waals surface area (Å²) in [6.07, 6.45) is 4.88. The van der Waals surface area contributed by atoms with Gasteiger partial charge in [-0.25, -0.2) is 8.42 Å². The molecule has 7 nitrogen and oxygen atoms in total. The van der Waals surface area contributed by atoms with Crippen LogP contribution in [-0.4, -0.2) is 51.9 Å². The number of nitrogens with zero attached hydrogens (tertiary/aromatic N) is 2. The lowest BCUT2D eigenvalue weighted by molar-refractivity contribution is -0.121. The van der Waals surface area contributed by atoms with Crippen molar-refractivity contribution in [2.24, 2.45) is 5.92 Å². The molecule has 36 heavy (non-hydrogen) atoms. The Bertz CT molecular complexity index is 1140. The Kier molecular flexibility index (Phi) is 8.57. The zero-order valence-electron chi connectivity index (χ0n) is 21.7. The van der Waals surface area contributed by atoms with E-state index in [2.05, 4.69) is 41.4 Å². The third-order valence-electron chi connectivity index (χ3n) is 7.50. The number of carbonyl (C=O) groups excluding carboxylic acids is 1. The van der Waals surface area contributed by atoms with Crippen LogP contribution in [0.1, 0.15) is 63.1 Å². The first-order valence-corrected chi connectivity index (χ1v) is 14.5. The second-order valence-electron chi connectivity index (χ2n) is 10.1. The number of anilines is 1. The van der Waals surface area contributed by atoms with Gasteiger partial charge in [-0.3, -0.25) is 4.79 Å². The maximum Gasteiger partial charge on any atom is 0.243 e. The minimum Gasteiger partial charge on any atom is -0.496 e. The number of aryl methyl sites for hydroxylation is 1. The second kappa shape index (κ2) is 11.6. The van der Waals surface area contributed by atoms with Crippen molar-refractivity contribution in [1.82, 2.24) is 9.62 Å². The molecule has 2 saturated heterocycles. The minimum absolute atomic E-state index is 0.0774. The molecule has 0 saturated carbocycles. The molecule has 1 atom stereocenters. The standard InChI is InChI=1S/C28H39N3O4S/c1-21-14-18-30(19-15-21)25-9-6-23(7-10-25)22(2)29-28(32)13-8-24-20-26(11-12-27(24)35-3)36(33,34)31-16-4-5-17-31/h6-7,9-12,20-22H,4-5,8,13-19H2,1-3H3,(H,29,32)/t22-/m1/s1. The highest BCUT2D eigenvalue weighted by Gasteiger charge is 2.28. The quantitative estimate of drug-likeness (QED) is 0.533. The normalized spacial score (nSPS) is 18.2. The third-order valence-corrected chi connectivity index (χ3v) is 9.39. The Morgan fingerprint density at radius 2 is 1.72 bits per heavy atom. The van der Waals surface area contributed by atoms with E-state index in [4.69, 9.17) is 4.74 Å². The van der Waals surface area contributed by atoms with Gasteiger partial charge >= 0.3 is 0 Å². The smallest absolute Gasteiger partial charge is 0.243 e. The Hall–Kier alpha value is -2.58. The predicted octanol–water partition coefficient (Wildman–Crippen LogP) is 4.53. The van der Waals surface area contributed by atoms with Gasteiger partial charge in [-0.1, -0.05) is 19.1 Å². The minimum atomic E-state index is -3.52. The van der Waals surface area contributed by atoms with Crippen LogP contribution >= 0.6 is 0 Å². The maximum absolute atomic E-state index is 13.0. The summed E-state index contributed by atoms with van der Waals surface area (Å²) >= 11 is 0. The Balaban J connectivity index is 1.35. The number of methoxy groups -OCH3 is 1. The van der Waals surface area contributed by atoms with E-state index in [9.17, 15) is 13.2 Å². The summed E-state index contributed by atoms with van der Waals surface area (Å²) in [4.78, 5) is 15.4. The van der Waals surface area contributed by atoms with Gasteiger partial charge in [0, 0.05) is 38.3 Å². The molecule has 4 rings (SSSR count). The lowest BCUT2D eigenvalue weighted by atomic mass is 9.98. The molecule has 0 radical (unpaired) electrons. The number of nitrogens with one attached hydrogen (secondary N) is 1. The van der Waals surface area contributed by atoms with Crippen molar-refractivity contribution in [3.05, 3.63) is 53.6 Å². The van der Waals surface area contributed by atoms with Gasteiger partial charge in [0.05, 0.1) is 18.0 Å². The summed E-state index contributed by atoms with van der Waals surface area (Å²) in [5.41, 5.74) is 3.02. The van der Waals surface area contributed by atoms with Gasteiger partial charge in [-0.05, 0) is 86.4 Å². The van der Waals surface area contributed by atoms with E-state index in [1.54, 1.807) is 25.3 Å². The SMILES string of the molecule is COc1ccc(S(=O)(=O)N2CCCC2)cc1CCC(=O)N[C@H](C)c1ccc(N2CCC(C)CC2)cc1. The van der Waals surface area contributed by atoms with Crippen molar-refractivity contribution in [3.8, 4) is 5.75 Å². The van der Waals surface area contributed by atoms with Crippen molar-refractivity contribution in [2.45, 2.75) is 63.3 Å². The number of benzene rings is 2. The Labute approximate surface area is 215 Å². The first-order valence-electron chi connectivity index (χ1n) is 13.1.